The molecule has 1 aromatic carbocycles. The second-order valence-corrected chi connectivity index (χ2v) is 5.25. The number of nitrogens with one attached hydrogen (secondary N) is 1. The van der Waals surface area contributed by atoms with Crippen molar-refractivity contribution in [2.45, 2.75) is 0 Å². The van der Waals surface area contributed by atoms with Crippen LogP contribution in [0.5, 0.6) is 5.75 Å². The molecular formula is C14H13N5OS. The van der Waals surface area contributed by atoms with Crippen molar-refractivity contribution in [2.24, 2.45) is 0 Å². The van der Waals surface area contributed by atoms with Gasteiger partial charge < -0.3 is 15.8 Å². The molecule has 0 saturated carbocycles. The van der Waals surface area contributed by atoms with Crippen LogP contribution < -0.4 is 15.8 Å². The van der Waals surface area contributed by atoms with Gasteiger partial charge in [-0.25, -0.2) is 15.0 Å². The van der Waals surface area contributed by atoms with Crippen LogP contribution in [0.4, 0.5) is 16.8 Å². The maximum atomic E-state index is 5.64. The lowest BCUT2D eigenvalue weighted by Crippen LogP contribution is -1.97. The number of hydrogen-bond donors (Lipinski definition) is 2. The molecule has 6 nitrogen and oxygen atoms in total. The molecule has 0 amide bonds. The highest BCUT2D eigenvalue weighted by molar-refractivity contribution is 7.18. The van der Waals surface area contributed by atoms with Crippen LogP contribution in [-0.4, -0.2) is 22.1 Å². The molecule has 0 unspecified atom stereocenters. The van der Waals surface area contributed by atoms with Gasteiger partial charge in [-0.1, -0.05) is 17.4 Å². The van der Waals surface area contributed by atoms with E-state index in [9.17, 15) is 0 Å². The zero-order valence-corrected chi connectivity index (χ0v) is 12.1. The van der Waals surface area contributed by atoms with E-state index in [-0.39, 0.29) is 0 Å². The second kappa shape index (κ2) is 5.76. The number of ether oxygens (including phenoxy) is 1. The molecule has 0 saturated heterocycles. The normalized spacial score (nSPS) is 10.3. The molecule has 7 heteroatoms. The summed E-state index contributed by atoms with van der Waals surface area (Å²) in [5.74, 6) is 1.28. The summed E-state index contributed by atoms with van der Waals surface area (Å²) in [6.45, 7) is 0. The molecule has 3 rings (SSSR count). The average molecular weight is 299 g/mol. The van der Waals surface area contributed by atoms with E-state index >= 15 is 0 Å². The Hall–Kier alpha value is -2.67. The number of anilines is 3. The molecule has 0 radical (unpaired) electrons. The molecule has 0 aliphatic carbocycles. The highest BCUT2D eigenvalue weighted by Crippen LogP contribution is 2.26. The lowest BCUT2D eigenvalue weighted by molar-refractivity contribution is 0.415. The van der Waals surface area contributed by atoms with Crippen molar-refractivity contribution in [1.82, 2.24) is 15.0 Å². The van der Waals surface area contributed by atoms with E-state index in [1.54, 1.807) is 19.5 Å². The molecule has 106 valence electrons. The first-order valence-corrected chi connectivity index (χ1v) is 7.02. The van der Waals surface area contributed by atoms with E-state index in [0.717, 1.165) is 22.0 Å². The Bertz CT molecular complexity index is 758. The Morgan fingerprint density at radius 3 is 2.90 bits per heavy atom. The Morgan fingerprint density at radius 1 is 1.24 bits per heavy atom. The highest BCUT2D eigenvalue weighted by atomic mass is 32.1. The van der Waals surface area contributed by atoms with Crippen molar-refractivity contribution in [1.29, 1.82) is 0 Å². The lowest BCUT2D eigenvalue weighted by atomic mass is 10.3. The van der Waals surface area contributed by atoms with Gasteiger partial charge in [0.25, 0.3) is 0 Å². The van der Waals surface area contributed by atoms with Gasteiger partial charge in [-0.15, -0.1) is 0 Å². The number of nitrogens with zero attached hydrogens (tertiary/aromatic N) is 3. The summed E-state index contributed by atoms with van der Waals surface area (Å²) in [7, 11) is 1.63. The summed E-state index contributed by atoms with van der Waals surface area (Å²) >= 11 is 1.39. The Morgan fingerprint density at radius 2 is 2.14 bits per heavy atom. The summed E-state index contributed by atoms with van der Waals surface area (Å²) in [5.41, 5.74) is 7.28. The van der Waals surface area contributed by atoms with Crippen LogP contribution in [-0.2, 0) is 0 Å². The van der Waals surface area contributed by atoms with Crippen molar-refractivity contribution < 1.29 is 4.74 Å². The quantitative estimate of drug-likeness (QED) is 0.770. The van der Waals surface area contributed by atoms with Crippen molar-refractivity contribution in [3.63, 3.8) is 0 Å². The van der Waals surface area contributed by atoms with Gasteiger partial charge in [0.15, 0.2) is 5.13 Å². The standard InChI is InChI=1S/C14H13N5OS/c1-20-10-4-2-3-9(7-10)18-14-16-6-5-11(19-14)12-8-17-13(15)21-12/h2-8H,1H3,(H2,15,17)(H,16,18,19). The summed E-state index contributed by atoms with van der Waals surface area (Å²) in [5, 5.41) is 3.67. The fraction of sp³-hybridized carbons (Fsp3) is 0.0714. The third-order valence-electron chi connectivity index (χ3n) is 2.76. The van der Waals surface area contributed by atoms with Crippen molar-refractivity contribution in [2.75, 3.05) is 18.2 Å². The molecule has 0 atom stereocenters. The van der Waals surface area contributed by atoms with Crippen LogP contribution in [0.15, 0.2) is 42.7 Å². The Kier molecular flexibility index (Phi) is 3.65. The fourth-order valence-electron chi connectivity index (χ4n) is 1.79. The highest BCUT2D eigenvalue weighted by Gasteiger charge is 2.06. The van der Waals surface area contributed by atoms with E-state index < -0.39 is 0 Å². The van der Waals surface area contributed by atoms with Gasteiger partial charge in [0.2, 0.25) is 5.95 Å². The minimum absolute atomic E-state index is 0.507. The molecule has 0 aliphatic heterocycles. The maximum absolute atomic E-state index is 5.64. The summed E-state index contributed by atoms with van der Waals surface area (Å²) in [6, 6.07) is 9.39. The van der Waals surface area contributed by atoms with Crippen LogP contribution in [0, 0.1) is 0 Å². The van der Waals surface area contributed by atoms with E-state index in [1.165, 1.54) is 11.3 Å². The van der Waals surface area contributed by atoms with Gasteiger partial charge in [0, 0.05) is 24.1 Å². The molecule has 21 heavy (non-hydrogen) atoms. The monoisotopic (exact) mass is 299 g/mol. The first-order chi connectivity index (χ1) is 10.2. The number of rotatable bonds is 4. The van der Waals surface area contributed by atoms with Gasteiger partial charge in [0.1, 0.15) is 5.75 Å². The average Bonchev–Trinajstić information content (AvgIpc) is 2.94. The first-order valence-electron chi connectivity index (χ1n) is 6.20. The molecule has 0 aliphatic rings. The van der Waals surface area contributed by atoms with Gasteiger partial charge in [-0.05, 0) is 18.2 Å². The maximum Gasteiger partial charge on any atom is 0.227 e. The molecule has 3 aromatic rings. The summed E-state index contributed by atoms with van der Waals surface area (Å²) < 4.78 is 5.19. The van der Waals surface area contributed by atoms with Crippen molar-refractivity contribution >= 4 is 28.1 Å². The van der Waals surface area contributed by atoms with Crippen LogP contribution in [0.1, 0.15) is 0 Å². The number of nitrogen functional groups attached to an aromatic ring is 1. The molecule has 0 bridgehead atoms. The predicted octanol–water partition coefficient (Wildman–Crippen LogP) is 2.93. The second-order valence-electron chi connectivity index (χ2n) is 4.19. The minimum Gasteiger partial charge on any atom is -0.497 e. The first kappa shape index (κ1) is 13.3. The largest absolute Gasteiger partial charge is 0.497 e. The van der Waals surface area contributed by atoms with E-state index in [1.807, 2.05) is 30.3 Å². The zero-order valence-electron chi connectivity index (χ0n) is 11.3. The molecule has 3 N–H and O–H groups in total. The van der Waals surface area contributed by atoms with E-state index in [4.69, 9.17) is 10.5 Å². The number of methoxy groups -OCH3 is 1. The predicted molar refractivity (Wildman–Crippen MR) is 83.8 cm³/mol. The van der Waals surface area contributed by atoms with Crippen LogP contribution >= 0.6 is 11.3 Å². The van der Waals surface area contributed by atoms with Crippen LogP contribution in [0.25, 0.3) is 10.6 Å². The smallest absolute Gasteiger partial charge is 0.227 e. The number of hydrogen-bond acceptors (Lipinski definition) is 7. The third kappa shape index (κ3) is 3.09. The number of aromatic nitrogens is 3. The molecule has 2 heterocycles. The minimum atomic E-state index is 0.507. The van der Waals surface area contributed by atoms with Gasteiger partial charge in [0.05, 0.1) is 17.7 Å². The summed E-state index contributed by atoms with van der Waals surface area (Å²) in [6.07, 6.45) is 3.40. The lowest BCUT2D eigenvalue weighted by Gasteiger charge is -2.07. The fourth-order valence-corrected chi connectivity index (χ4v) is 2.45. The van der Waals surface area contributed by atoms with Crippen molar-refractivity contribution in [3.05, 3.63) is 42.7 Å². The van der Waals surface area contributed by atoms with Crippen molar-refractivity contribution in [3.8, 4) is 16.3 Å². The van der Waals surface area contributed by atoms with Gasteiger partial charge in [-0.3, -0.25) is 0 Å². The molecule has 2 aromatic heterocycles. The Balaban J connectivity index is 1.86. The summed E-state index contributed by atoms with van der Waals surface area (Å²) in [4.78, 5) is 13.6. The molecular weight excluding hydrogens is 286 g/mol. The SMILES string of the molecule is COc1cccc(Nc2nccc(-c3cnc(N)s3)n2)c1. The van der Waals surface area contributed by atoms with Crippen LogP contribution in [0.3, 0.4) is 0 Å². The molecule has 0 fully saturated rings. The number of thiazole rings is 1. The zero-order chi connectivity index (χ0) is 14.7. The Labute approximate surface area is 125 Å². The van der Waals surface area contributed by atoms with Crippen LogP contribution in [0.2, 0.25) is 0 Å². The number of nitrogens with two attached hydrogens (primary N) is 1. The topological polar surface area (TPSA) is 86.0 Å². The molecule has 0 spiro atoms. The third-order valence-corrected chi connectivity index (χ3v) is 3.61. The van der Waals surface area contributed by atoms with Gasteiger partial charge >= 0.3 is 0 Å². The van der Waals surface area contributed by atoms with Gasteiger partial charge in [-0.2, -0.15) is 0 Å². The van der Waals surface area contributed by atoms with E-state index in [2.05, 4.69) is 20.3 Å². The number of benzene rings is 1. The van der Waals surface area contributed by atoms with E-state index in [0.29, 0.717) is 11.1 Å².